The zero-order valence-corrected chi connectivity index (χ0v) is 19.1. The van der Waals surface area contributed by atoms with Gasteiger partial charge in [-0.1, -0.05) is 55.8 Å². The molecule has 0 fully saturated rings. The third kappa shape index (κ3) is 3.45. The van der Waals surface area contributed by atoms with Crippen LogP contribution in [0.4, 0.5) is 0 Å². The number of aryl methyl sites for hydroxylation is 6. The molecule has 4 aromatic rings. The predicted octanol–water partition coefficient (Wildman–Crippen LogP) is 7.11. The van der Waals surface area contributed by atoms with Gasteiger partial charge in [-0.25, -0.2) is 0 Å². The summed E-state index contributed by atoms with van der Waals surface area (Å²) in [4.78, 5) is 5.03. The Balaban J connectivity index is 1.88. The van der Waals surface area contributed by atoms with E-state index in [1.54, 1.807) is 0 Å². The second-order valence-corrected chi connectivity index (χ2v) is 8.52. The third-order valence-corrected chi connectivity index (χ3v) is 6.44. The van der Waals surface area contributed by atoms with Crippen molar-refractivity contribution in [1.29, 1.82) is 0 Å². The van der Waals surface area contributed by atoms with Crippen LogP contribution in [-0.2, 0) is 19.4 Å². The number of pyridine rings is 1. The van der Waals surface area contributed by atoms with Crippen LogP contribution < -0.4 is 0 Å². The molecule has 2 heterocycles. The van der Waals surface area contributed by atoms with Crippen molar-refractivity contribution in [2.24, 2.45) is 0 Å². The Morgan fingerprint density at radius 2 is 1.53 bits per heavy atom. The average molecular weight is 397 g/mol. The molecular weight excluding hydrogens is 364 g/mol. The molecule has 0 aliphatic heterocycles. The molecule has 4 rings (SSSR count). The summed E-state index contributed by atoms with van der Waals surface area (Å²) in [7, 11) is 0. The molecule has 2 aromatic carbocycles. The minimum atomic E-state index is 0.879. The van der Waals surface area contributed by atoms with Crippen LogP contribution in [0.15, 0.2) is 48.8 Å². The van der Waals surface area contributed by atoms with Crippen LogP contribution in [-0.4, -0.2) is 9.55 Å². The molecule has 0 spiro atoms. The summed E-state index contributed by atoms with van der Waals surface area (Å²) in [5.74, 6) is 0. The van der Waals surface area contributed by atoms with E-state index in [9.17, 15) is 0 Å². The number of hydrogen-bond donors (Lipinski definition) is 0. The minimum absolute atomic E-state index is 0.879. The summed E-state index contributed by atoms with van der Waals surface area (Å²) >= 11 is 0. The van der Waals surface area contributed by atoms with Gasteiger partial charge in [-0.2, -0.15) is 0 Å². The van der Waals surface area contributed by atoms with Crippen molar-refractivity contribution in [3.8, 4) is 11.3 Å². The molecule has 0 unspecified atom stereocenters. The van der Waals surface area contributed by atoms with Gasteiger partial charge in [-0.15, -0.1) is 0 Å². The summed E-state index contributed by atoms with van der Waals surface area (Å²) in [5.41, 5.74) is 13.1. The Morgan fingerprint density at radius 1 is 0.833 bits per heavy atom. The highest BCUT2D eigenvalue weighted by atomic mass is 15.0. The normalized spacial score (nSPS) is 11.4. The lowest BCUT2D eigenvalue weighted by Crippen LogP contribution is -2.02. The summed E-state index contributed by atoms with van der Waals surface area (Å²) in [5, 5.41) is 1.35. The number of benzene rings is 2. The largest absolute Gasteiger partial charge is 0.342 e. The predicted molar refractivity (Wildman–Crippen MR) is 128 cm³/mol. The fourth-order valence-corrected chi connectivity index (χ4v) is 4.76. The van der Waals surface area contributed by atoms with E-state index in [1.807, 2.05) is 0 Å². The van der Waals surface area contributed by atoms with Crippen molar-refractivity contribution >= 4 is 10.9 Å². The lowest BCUT2D eigenvalue weighted by atomic mass is 9.91. The lowest BCUT2D eigenvalue weighted by molar-refractivity contribution is 0.825. The van der Waals surface area contributed by atoms with Gasteiger partial charge in [0.1, 0.15) is 0 Å². The van der Waals surface area contributed by atoms with Crippen molar-refractivity contribution in [3.63, 3.8) is 0 Å². The Kier molecular flexibility index (Phi) is 5.51. The van der Waals surface area contributed by atoms with Crippen LogP contribution in [0.1, 0.15) is 52.8 Å². The van der Waals surface area contributed by atoms with Gasteiger partial charge in [0.2, 0.25) is 0 Å². The SMILES string of the molecule is CCc1cccc(CC)c1-c1ncc2c(c(C)cn2Cc2cc(C)ccc2C)c1C. The van der Waals surface area contributed by atoms with Crippen LogP contribution in [0.5, 0.6) is 0 Å². The number of fused-ring (bicyclic) bond motifs is 1. The van der Waals surface area contributed by atoms with Crippen LogP contribution in [0, 0.1) is 27.7 Å². The highest BCUT2D eigenvalue weighted by Gasteiger charge is 2.17. The molecule has 0 N–H and O–H groups in total. The summed E-state index contributed by atoms with van der Waals surface area (Å²) < 4.78 is 2.36. The minimum Gasteiger partial charge on any atom is -0.342 e. The second-order valence-electron chi connectivity index (χ2n) is 8.52. The lowest BCUT2D eigenvalue weighted by Gasteiger charge is -2.16. The quantitative estimate of drug-likeness (QED) is 0.351. The molecule has 0 saturated heterocycles. The molecule has 2 nitrogen and oxygen atoms in total. The van der Waals surface area contributed by atoms with Crippen molar-refractivity contribution in [2.75, 3.05) is 0 Å². The molecule has 154 valence electrons. The maximum atomic E-state index is 5.03. The highest BCUT2D eigenvalue weighted by Crippen LogP contribution is 2.35. The Bertz CT molecular complexity index is 1210. The average Bonchev–Trinajstić information content (AvgIpc) is 3.06. The first-order valence-corrected chi connectivity index (χ1v) is 11.1. The van der Waals surface area contributed by atoms with E-state index in [-0.39, 0.29) is 0 Å². The monoisotopic (exact) mass is 396 g/mol. The number of aromatic nitrogens is 2. The van der Waals surface area contributed by atoms with Crippen molar-refractivity contribution in [3.05, 3.63) is 87.7 Å². The van der Waals surface area contributed by atoms with E-state index < -0.39 is 0 Å². The number of rotatable bonds is 5. The van der Waals surface area contributed by atoms with Gasteiger partial charge in [0.25, 0.3) is 0 Å². The summed E-state index contributed by atoms with van der Waals surface area (Å²) in [6, 6.07) is 13.4. The number of hydrogen-bond acceptors (Lipinski definition) is 1. The van der Waals surface area contributed by atoms with Crippen molar-refractivity contribution in [1.82, 2.24) is 9.55 Å². The second kappa shape index (κ2) is 8.10. The first kappa shape index (κ1) is 20.4. The maximum Gasteiger partial charge on any atom is 0.0744 e. The fraction of sp³-hybridized carbons (Fsp3) is 0.321. The molecule has 0 radical (unpaired) electrons. The van der Waals surface area contributed by atoms with E-state index in [1.165, 1.54) is 55.4 Å². The molecule has 0 aliphatic rings. The van der Waals surface area contributed by atoms with Crippen molar-refractivity contribution in [2.45, 2.75) is 60.9 Å². The Labute approximate surface area is 180 Å². The van der Waals surface area contributed by atoms with Gasteiger partial charge in [-0.3, -0.25) is 4.98 Å². The number of nitrogens with zero attached hydrogens (tertiary/aromatic N) is 2. The van der Waals surface area contributed by atoms with Gasteiger partial charge in [-0.05, 0) is 73.9 Å². The molecule has 0 amide bonds. The topological polar surface area (TPSA) is 17.8 Å². The van der Waals surface area contributed by atoms with E-state index in [4.69, 9.17) is 4.98 Å². The van der Waals surface area contributed by atoms with Gasteiger partial charge in [0.05, 0.1) is 17.4 Å². The Morgan fingerprint density at radius 3 is 2.20 bits per heavy atom. The maximum absolute atomic E-state index is 5.03. The summed E-state index contributed by atoms with van der Waals surface area (Å²) in [6.07, 6.45) is 6.42. The van der Waals surface area contributed by atoms with Crippen LogP contribution in [0.2, 0.25) is 0 Å². The molecule has 30 heavy (non-hydrogen) atoms. The van der Waals surface area contributed by atoms with Gasteiger partial charge >= 0.3 is 0 Å². The molecule has 0 aliphatic carbocycles. The van der Waals surface area contributed by atoms with E-state index >= 15 is 0 Å². The third-order valence-electron chi connectivity index (χ3n) is 6.44. The zero-order valence-electron chi connectivity index (χ0n) is 19.1. The van der Waals surface area contributed by atoms with Crippen molar-refractivity contribution < 1.29 is 0 Å². The van der Waals surface area contributed by atoms with E-state index in [0.29, 0.717) is 0 Å². The molecule has 0 atom stereocenters. The first-order chi connectivity index (χ1) is 14.4. The molecule has 2 heteroatoms. The molecule has 0 saturated carbocycles. The fourth-order valence-electron chi connectivity index (χ4n) is 4.76. The van der Waals surface area contributed by atoms with Gasteiger partial charge in [0.15, 0.2) is 0 Å². The highest BCUT2D eigenvalue weighted by molar-refractivity contribution is 5.91. The van der Waals surface area contributed by atoms with Gasteiger partial charge < -0.3 is 4.57 Å². The van der Waals surface area contributed by atoms with Crippen LogP contribution >= 0.6 is 0 Å². The van der Waals surface area contributed by atoms with Gasteiger partial charge in [0, 0.05) is 23.7 Å². The molecule has 0 bridgehead atoms. The first-order valence-electron chi connectivity index (χ1n) is 11.1. The van der Waals surface area contributed by atoms with Crippen LogP contribution in [0.3, 0.4) is 0 Å². The van der Waals surface area contributed by atoms with E-state index in [0.717, 1.165) is 25.1 Å². The smallest absolute Gasteiger partial charge is 0.0744 e. The zero-order chi connectivity index (χ0) is 21.4. The van der Waals surface area contributed by atoms with Crippen LogP contribution in [0.25, 0.3) is 22.2 Å². The molecular formula is C28H32N2. The summed E-state index contributed by atoms with van der Waals surface area (Å²) in [6.45, 7) is 14.2. The standard InChI is InChI=1S/C28H32N2/c1-7-22-10-9-11-23(8-2)27(22)28-21(6)26-20(5)16-30(25(26)15-29-28)17-24-14-18(3)12-13-19(24)4/h9-16H,7-8,17H2,1-6H3. The van der Waals surface area contributed by atoms with E-state index in [2.05, 4.69) is 94.9 Å². The molecule has 2 aromatic heterocycles. The Hall–Kier alpha value is -2.87.